The van der Waals surface area contributed by atoms with Crippen molar-refractivity contribution in [3.63, 3.8) is 0 Å². The molecule has 1 unspecified atom stereocenters. The molecule has 0 aliphatic heterocycles. The molecule has 0 aromatic carbocycles. The van der Waals surface area contributed by atoms with Crippen LogP contribution in [0.25, 0.3) is 0 Å². The van der Waals surface area contributed by atoms with Crippen LogP contribution in [-0.2, 0) is 0 Å². The highest BCUT2D eigenvalue weighted by Gasteiger charge is 2.20. The van der Waals surface area contributed by atoms with E-state index >= 15 is 0 Å². The third-order valence-corrected chi connectivity index (χ3v) is 3.83. The molecule has 108 valence electrons. The minimum Gasteiger partial charge on any atom is -0.360 e. The molecule has 4 nitrogen and oxygen atoms in total. The Morgan fingerprint density at radius 3 is 2.50 bits per heavy atom. The lowest BCUT2D eigenvalue weighted by Gasteiger charge is -2.22. The van der Waals surface area contributed by atoms with Gasteiger partial charge in [-0.25, -0.2) is 19.6 Å². The van der Waals surface area contributed by atoms with Crippen LogP contribution in [0.2, 0.25) is 0 Å². The van der Waals surface area contributed by atoms with Gasteiger partial charge in [0.25, 0.3) is 0 Å². The van der Waals surface area contributed by atoms with E-state index in [1.165, 1.54) is 0 Å². The number of hydrazine groups is 1. The molecule has 0 saturated carbocycles. The van der Waals surface area contributed by atoms with Crippen LogP contribution in [0.15, 0.2) is 23.6 Å². The third-order valence-electron chi connectivity index (χ3n) is 2.87. The number of hydrogen-bond donors (Lipinski definition) is 3. The fourth-order valence-corrected chi connectivity index (χ4v) is 2.80. The summed E-state index contributed by atoms with van der Waals surface area (Å²) in [5.41, 5.74) is 2.11. The highest BCUT2D eigenvalue weighted by atomic mass is 32.1. The van der Waals surface area contributed by atoms with E-state index in [4.69, 9.17) is 5.84 Å². The fraction of sp³-hybridized carbons (Fsp3) is 0.308. The normalized spacial score (nSPS) is 12.5. The summed E-state index contributed by atoms with van der Waals surface area (Å²) in [6, 6.07) is 4.55. The Kier molecular flexibility index (Phi) is 4.51. The number of nitrogens with two attached hydrogens (primary N) is 1. The second-order valence-corrected chi connectivity index (χ2v) is 5.65. The number of nitrogens with zero attached hydrogens (tertiary/aromatic N) is 1. The molecule has 7 heteroatoms. The Balaban J connectivity index is 2.32. The molecule has 0 aliphatic carbocycles. The maximum atomic E-state index is 13.8. The zero-order valence-corrected chi connectivity index (χ0v) is 12.0. The van der Waals surface area contributed by atoms with Crippen LogP contribution >= 0.6 is 11.3 Å². The van der Waals surface area contributed by atoms with Crippen LogP contribution in [0.1, 0.15) is 24.8 Å². The molecule has 0 amide bonds. The van der Waals surface area contributed by atoms with Crippen molar-refractivity contribution in [2.24, 2.45) is 11.8 Å². The van der Waals surface area contributed by atoms with Crippen LogP contribution < -0.4 is 16.6 Å². The standard InChI is InChI=1S/C13H16F2N4S/c1-7(2)11(10-4-3-5-20-10)17-12-8(14)6-9(15)13(18-12)19-16/h3-7,11H,16H2,1-2H3,(H2,17,18,19). The van der Waals surface area contributed by atoms with Crippen molar-refractivity contribution in [3.05, 3.63) is 40.1 Å². The summed E-state index contributed by atoms with van der Waals surface area (Å²) in [5, 5.41) is 4.97. The Morgan fingerprint density at radius 1 is 1.25 bits per heavy atom. The summed E-state index contributed by atoms with van der Waals surface area (Å²) in [6.45, 7) is 4.03. The molecule has 2 aromatic heterocycles. The van der Waals surface area contributed by atoms with Gasteiger partial charge in [0.15, 0.2) is 23.3 Å². The van der Waals surface area contributed by atoms with Gasteiger partial charge in [0, 0.05) is 10.9 Å². The summed E-state index contributed by atoms with van der Waals surface area (Å²) in [7, 11) is 0. The predicted molar refractivity (Wildman–Crippen MR) is 77.5 cm³/mol. The number of rotatable bonds is 5. The molecule has 2 aromatic rings. The first-order chi connectivity index (χ1) is 9.52. The molecular weight excluding hydrogens is 282 g/mol. The average Bonchev–Trinajstić information content (AvgIpc) is 2.91. The zero-order chi connectivity index (χ0) is 14.7. The summed E-state index contributed by atoms with van der Waals surface area (Å²) in [4.78, 5) is 4.89. The van der Waals surface area contributed by atoms with Crippen LogP contribution in [0.4, 0.5) is 20.4 Å². The van der Waals surface area contributed by atoms with Gasteiger partial charge in [0.1, 0.15) is 0 Å². The number of aromatic nitrogens is 1. The molecular formula is C13H16F2N4S. The molecule has 0 spiro atoms. The number of hydrogen-bond acceptors (Lipinski definition) is 5. The van der Waals surface area contributed by atoms with E-state index in [2.05, 4.69) is 15.7 Å². The molecule has 4 N–H and O–H groups in total. The molecule has 0 saturated heterocycles. The topological polar surface area (TPSA) is 63.0 Å². The predicted octanol–water partition coefficient (Wildman–Crippen LogP) is 3.52. The van der Waals surface area contributed by atoms with Gasteiger partial charge in [-0.15, -0.1) is 11.3 Å². The van der Waals surface area contributed by atoms with Crippen molar-refractivity contribution in [1.82, 2.24) is 4.98 Å². The quantitative estimate of drug-likeness (QED) is 0.584. The summed E-state index contributed by atoms with van der Waals surface area (Å²) in [6.07, 6.45) is 0. The molecule has 2 rings (SSSR count). The van der Waals surface area contributed by atoms with Gasteiger partial charge < -0.3 is 10.7 Å². The minimum absolute atomic E-state index is 0.0218. The molecule has 20 heavy (non-hydrogen) atoms. The molecule has 0 radical (unpaired) electrons. The highest BCUT2D eigenvalue weighted by molar-refractivity contribution is 7.10. The summed E-state index contributed by atoms with van der Waals surface area (Å²) in [5.74, 6) is 3.58. The van der Waals surface area contributed by atoms with Gasteiger partial charge in [-0.2, -0.15) is 0 Å². The average molecular weight is 298 g/mol. The Hall–Kier alpha value is -1.73. The van der Waals surface area contributed by atoms with Gasteiger partial charge in [-0.1, -0.05) is 19.9 Å². The van der Waals surface area contributed by atoms with Crippen LogP contribution in [-0.4, -0.2) is 4.98 Å². The largest absolute Gasteiger partial charge is 0.360 e. The number of thiophene rings is 1. The number of nitrogen functional groups attached to an aromatic ring is 1. The second-order valence-electron chi connectivity index (χ2n) is 4.68. The molecule has 0 bridgehead atoms. The lowest BCUT2D eigenvalue weighted by atomic mass is 10.0. The van der Waals surface area contributed by atoms with E-state index < -0.39 is 11.6 Å². The molecule has 1 atom stereocenters. The first kappa shape index (κ1) is 14.7. The van der Waals surface area contributed by atoms with Crippen LogP contribution in [0, 0.1) is 17.6 Å². The van der Waals surface area contributed by atoms with Crippen molar-refractivity contribution in [3.8, 4) is 0 Å². The van der Waals surface area contributed by atoms with Gasteiger partial charge in [-0.3, -0.25) is 0 Å². The minimum atomic E-state index is -0.826. The molecule has 0 fully saturated rings. The van der Waals surface area contributed by atoms with E-state index in [9.17, 15) is 8.78 Å². The van der Waals surface area contributed by atoms with E-state index in [-0.39, 0.29) is 23.6 Å². The van der Waals surface area contributed by atoms with Gasteiger partial charge in [-0.05, 0) is 17.4 Å². The van der Waals surface area contributed by atoms with Gasteiger partial charge in [0.05, 0.1) is 6.04 Å². The van der Waals surface area contributed by atoms with E-state index in [0.717, 1.165) is 10.9 Å². The van der Waals surface area contributed by atoms with E-state index in [1.54, 1.807) is 11.3 Å². The zero-order valence-electron chi connectivity index (χ0n) is 11.2. The SMILES string of the molecule is CC(C)C(Nc1nc(NN)c(F)cc1F)c1cccs1. The highest BCUT2D eigenvalue weighted by Crippen LogP contribution is 2.30. The smallest absolute Gasteiger partial charge is 0.178 e. The lowest BCUT2D eigenvalue weighted by molar-refractivity contribution is 0.537. The number of nitrogens with one attached hydrogen (secondary N) is 2. The lowest BCUT2D eigenvalue weighted by Crippen LogP contribution is -2.19. The summed E-state index contributed by atoms with van der Waals surface area (Å²) >= 11 is 1.57. The van der Waals surface area contributed by atoms with Crippen LogP contribution in [0.5, 0.6) is 0 Å². The maximum absolute atomic E-state index is 13.8. The van der Waals surface area contributed by atoms with Crippen LogP contribution in [0.3, 0.4) is 0 Å². The van der Waals surface area contributed by atoms with E-state index in [0.29, 0.717) is 0 Å². The Labute approximate surface area is 120 Å². The van der Waals surface area contributed by atoms with E-state index in [1.807, 2.05) is 31.4 Å². The second kappa shape index (κ2) is 6.15. The van der Waals surface area contributed by atoms with Gasteiger partial charge in [0.2, 0.25) is 0 Å². The van der Waals surface area contributed by atoms with Crippen molar-refractivity contribution in [1.29, 1.82) is 0 Å². The van der Waals surface area contributed by atoms with Crippen molar-refractivity contribution in [2.45, 2.75) is 19.9 Å². The number of pyridine rings is 1. The fourth-order valence-electron chi connectivity index (χ4n) is 1.85. The molecule has 0 aliphatic rings. The Bertz CT molecular complexity index is 572. The first-order valence-electron chi connectivity index (χ1n) is 6.15. The summed E-state index contributed by atoms with van der Waals surface area (Å²) < 4.78 is 27.1. The monoisotopic (exact) mass is 298 g/mol. The molecule has 2 heterocycles. The van der Waals surface area contributed by atoms with Gasteiger partial charge >= 0.3 is 0 Å². The Morgan fingerprint density at radius 2 is 1.95 bits per heavy atom. The maximum Gasteiger partial charge on any atom is 0.178 e. The van der Waals surface area contributed by atoms with Crippen molar-refractivity contribution in [2.75, 3.05) is 10.7 Å². The first-order valence-corrected chi connectivity index (χ1v) is 7.03. The third kappa shape index (κ3) is 3.05. The van der Waals surface area contributed by atoms with Crippen molar-refractivity contribution < 1.29 is 8.78 Å². The number of halogens is 2. The number of anilines is 2. The van der Waals surface area contributed by atoms with Crippen molar-refractivity contribution >= 4 is 23.0 Å².